The average molecular weight is 773 g/mol. The van der Waals surface area contributed by atoms with Crippen molar-refractivity contribution in [2.75, 3.05) is 33.0 Å². The summed E-state index contributed by atoms with van der Waals surface area (Å²) in [5, 5.41) is 13.4. The van der Waals surface area contributed by atoms with E-state index >= 15 is 0 Å². The number of ether oxygens (including phenoxy) is 3. The van der Waals surface area contributed by atoms with Gasteiger partial charge in [0.25, 0.3) is 5.95 Å². The van der Waals surface area contributed by atoms with Crippen LogP contribution in [0.2, 0.25) is 0 Å². The number of nitrogens with zero attached hydrogens (tertiary/aromatic N) is 5. The molecule has 0 spiro atoms. The van der Waals surface area contributed by atoms with Crippen LogP contribution < -0.4 is 5.73 Å². The Morgan fingerprint density at radius 1 is 0.982 bits per heavy atom. The molecule has 2 bridgehead atoms. The highest BCUT2D eigenvalue weighted by Gasteiger charge is 2.72. The first-order valence-electron chi connectivity index (χ1n) is 21.7. The second kappa shape index (κ2) is 14.8. The number of likely N-dealkylation sites (N-methyl/N-ethyl adjacent to an activating group) is 1. The molecule has 2 heterocycles. The largest absolute Gasteiger partial charge is 0.461 e. The molecular weight excluding hydrogens is 701 g/mol. The summed E-state index contributed by atoms with van der Waals surface area (Å²) in [5.74, 6) is 1.82. The second-order valence-corrected chi connectivity index (χ2v) is 20.8. The molecule has 310 valence electrons. The topological polar surface area (TPSA) is 118 Å². The molecule has 0 amide bonds. The van der Waals surface area contributed by atoms with Gasteiger partial charge in [-0.15, -0.1) is 5.10 Å². The Labute approximate surface area is 337 Å². The molecule has 0 radical (unpaired) electrons. The first-order valence-corrected chi connectivity index (χ1v) is 21.7. The molecule has 13 atom stereocenters. The first-order chi connectivity index (χ1) is 26.3. The SMILES string of the molecule is CC(C)C(C(C)O[C@H]1[C@H](n2nnc(N)n2)C[C@@]23COC[C@@]1(C)[C@@H]2CC[C@H]1C3=CC[C@@]2(C)[C@H](C(=O)OCc3ccccc3)[C@@](C)([C@H](C)C(C)C)CC[C@]12C)N(C)C. The van der Waals surface area contributed by atoms with Crippen molar-refractivity contribution in [3.63, 3.8) is 0 Å². The highest BCUT2D eigenvalue weighted by molar-refractivity contribution is 5.75. The fourth-order valence-corrected chi connectivity index (χ4v) is 14.1. The minimum Gasteiger partial charge on any atom is -0.461 e. The van der Waals surface area contributed by atoms with Crippen LogP contribution in [0.5, 0.6) is 0 Å². The molecule has 2 unspecified atom stereocenters. The molecule has 5 aliphatic rings. The number of carbonyl (C=O) groups is 1. The Morgan fingerprint density at radius 2 is 1.70 bits per heavy atom. The molecule has 7 rings (SSSR count). The molecule has 3 saturated carbocycles. The molecule has 1 saturated heterocycles. The van der Waals surface area contributed by atoms with Crippen LogP contribution in [0.15, 0.2) is 42.0 Å². The number of hydrogen-bond acceptors (Lipinski definition) is 9. The zero-order chi connectivity index (χ0) is 40.6. The Bertz CT molecular complexity index is 1750. The number of benzene rings is 1. The number of anilines is 1. The smallest absolute Gasteiger partial charge is 0.310 e. The number of nitrogen functional groups attached to an aromatic ring is 1. The molecule has 1 aliphatic heterocycles. The Kier molecular flexibility index (Phi) is 10.9. The average Bonchev–Trinajstić information content (AvgIpc) is 3.57. The van der Waals surface area contributed by atoms with Gasteiger partial charge in [0, 0.05) is 16.9 Å². The van der Waals surface area contributed by atoms with E-state index in [4.69, 9.17) is 19.9 Å². The summed E-state index contributed by atoms with van der Waals surface area (Å²) in [6.07, 6.45) is 8.26. The van der Waals surface area contributed by atoms with E-state index in [1.54, 1.807) is 4.80 Å². The van der Waals surface area contributed by atoms with E-state index < -0.39 is 0 Å². The Morgan fingerprint density at radius 3 is 2.32 bits per heavy atom. The fraction of sp³-hybridized carbons (Fsp3) is 0.783. The number of aromatic nitrogens is 4. The van der Waals surface area contributed by atoms with E-state index in [1.807, 2.05) is 30.3 Å². The molecule has 10 nitrogen and oxygen atoms in total. The van der Waals surface area contributed by atoms with Gasteiger partial charge in [0.15, 0.2) is 0 Å². The van der Waals surface area contributed by atoms with Crippen molar-refractivity contribution >= 4 is 11.9 Å². The van der Waals surface area contributed by atoms with E-state index in [1.165, 1.54) is 5.57 Å². The summed E-state index contributed by atoms with van der Waals surface area (Å²) >= 11 is 0. The maximum absolute atomic E-state index is 14.9. The van der Waals surface area contributed by atoms with Crippen LogP contribution in [-0.4, -0.2) is 76.6 Å². The molecule has 10 heteroatoms. The lowest BCUT2D eigenvalue weighted by atomic mass is 9.34. The number of allylic oxidation sites excluding steroid dienone is 1. The summed E-state index contributed by atoms with van der Waals surface area (Å²) in [7, 11) is 4.30. The van der Waals surface area contributed by atoms with Crippen LogP contribution in [-0.2, 0) is 25.6 Å². The monoisotopic (exact) mass is 773 g/mol. The van der Waals surface area contributed by atoms with Gasteiger partial charge >= 0.3 is 5.97 Å². The highest BCUT2D eigenvalue weighted by atomic mass is 16.5. The zero-order valence-electron chi connectivity index (χ0n) is 36.5. The van der Waals surface area contributed by atoms with Gasteiger partial charge in [-0.1, -0.05) is 109 Å². The zero-order valence-corrected chi connectivity index (χ0v) is 36.5. The molecule has 56 heavy (non-hydrogen) atoms. The van der Waals surface area contributed by atoms with Crippen molar-refractivity contribution in [2.45, 2.75) is 139 Å². The number of rotatable bonds is 11. The second-order valence-electron chi connectivity index (χ2n) is 20.8. The minimum atomic E-state index is -0.291. The Hall–Kier alpha value is -2.82. The molecule has 4 fully saturated rings. The summed E-state index contributed by atoms with van der Waals surface area (Å²) in [4.78, 5) is 18.9. The number of fused-ring (bicyclic) bond motifs is 3. The van der Waals surface area contributed by atoms with Gasteiger partial charge in [-0.3, -0.25) is 4.79 Å². The molecule has 4 aliphatic carbocycles. The van der Waals surface area contributed by atoms with Gasteiger partial charge in [0.05, 0.1) is 31.3 Å². The Balaban J connectivity index is 1.30. The van der Waals surface area contributed by atoms with E-state index in [9.17, 15) is 4.79 Å². The molecule has 2 aromatic rings. The van der Waals surface area contributed by atoms with Crippen LogP contribution in [0.25, 0.3) is 0 Å². The van der Waals surface area contributed by atoms with Gasteiger partial charge in [-0.2, -0.15) is 4.80 Å². The lowest BCUT2D eigenvalue weighted by Crippen LogP contribution is -2.69. The van der Waals surface area contributed by atoms with Crippen LogP contribution in [0.1, 0.15) is 119 Å². The highest BCUT2D eigenvalue weighted by Crippen LogP contribution is 2.75. The summed E-state index contributed by atoms with van der Waals surface area (Å²) in [6, 6.07) is 10.2. The van der Waals surface area contributed by atoms with Crippen molar-refractivity contribution in [3.8, 4) is 0 Å². The fourth-order valence-electron chi connectivity index (χ4n) is 14.1. The van der Waals surface area contributed by atoms with E-state index in [2.05, 4.69) is 110 Å². The van der Waals surface area contributed by atoms with Crippen molar-refractivity contribution in [1.82, 2.24) is 25.1 Å². The van der Waals surface area contributed by atoms with Crippen LogP contribution in [0, 0.1) is 62.6 Å². The first kappa shape index (κ1) is 41.3. The van der Waals surface area contributed by atoms with Gasteiger partial charge in [0.2, 0.25) is 0 Å². The van der Waals surface area contributed by atoms with Crippen LogP contribution in [0.4, 0.5) is 5.95 Å². The van der Waals surface area contributed by atoms with E-state index in [-0.39, 0.29) is 69.2 Å². The lowest BCUT2D eigenvalue weighted by molar-refractivity contribution is -0.262. The number of nitrogens with two attached hydrogens (primary N) is 1. The molecule has 1 aromatic heterocycles. The van der Waals surface area contributed by atoms with Crippen molar-refractivity contribution in [1.29, 1.82) is 0 Å². The third-order valence-electron chi connectivity index (χ3n) is 17.2. The van der Waals surface area contributed by atoms with Gasteiger partial charge < -0.3 is 24.8 Å². The third kappa shape index (κ3) is 6.29. The molecular formula is C46H72N6O4. The van der Waals surface area contributed by atoms with Crippen LogP contribution >= 0.6 is 0 Å². The maximum Gasteiger partial charge on any atom is 0.310 e. The van der Waals surface area contributed by atoms with Crippen molar-refractivity contribution in [3.05, 3.63) is 47.5 Å². The van der Waals surface area contributed by atoms with Crippen LogP contribution in [0.3, 0.4) is 0 Å². The lowest BCUT2D eigenvalue weighted by Gasteiger charge is -2.71. The molecule has 1 aromatic carbocycles. The quantitative estimate of drug-likeness (QED) is 0.178. The third-order valence-corrected chi connectivity index (χ3v) is 17.2. The number of carbonyl (C=O) groups excluding carboxylic acids is 1. The molecule has 2 N–H and O–H groups in total. The normalized spacial score (nSPS) is 39.6. The summed E-state index contributed by atoms with van der Waals surface area (Å²) in [6.45, 7) is 25.1. The number of hydrogen-bond donors (Lipinski definition) is 1. The predicted molar refractivity (Wildman–Crippen MR) is 220 cm³/mol. The van der Waals surface area contributed by atoms with E-state index in [0.717, 1.165) is 44.1 Å². The number of esters is 1. The van der Waals surface area contributed by atoms with Gasteiger partial charge in [0.1, 0.15) is 12.6 Å². The predicted octanol–water partition coefficient (Wildman–Crippen LogP) is 8.40. The summed E-state index contributed by atoms with van der Waals surface area (Å²) < 4.78 is 20.5. The number of tetrazole rings is 1. The standard InChI is InChI=1S/C46H72N6O4/c1-28(2)30(5)42(7)22-23-44(9)33-18-19-36-43(8)26-54-27-46(36,34(33)20-21-45(44,10)38(42)40(53)55-25-32-16-14-13-15-17-32)24-35(52-49-41(47)48-50-52)39(43)56-31(6)37(29(3)4)51(11)12/h13-17,20,28-31,33,35-39H,18-19,21-27H2,1-12H3,(H2,47,49)/t30-,31?,33+,35-,36+,37?,38-,39+,42-,43+,44-,45+,46+/m1/s1. The van der Waals surface area contributed by atoms with Crippen molar-refractivity contribution in [2.24, 2.45) is 62.6 Å². The van der Waals surface area contributed by atoms with Gasteiger partial charge in [-0.25, -0.2) is 0 Å². The summed E-state index contributed by atoms with van der Waals surface area (Å²) in [5.41, 5.74) is 7.64. The maximum atomic E-state index is 14.9. The van der Waals surface area contributed by atoms with Crippen molar-refractivity contribution < 1.29 is 19.0 Å². The van der Waals surface area contributed by atoms with E-state index in [0.29, 0.717) is 49.4 Å². The van der Waals surface area contributed by atoms with Gasteiger partial charge in [-0.05, 0) is 116 Å². The minimum absolute atomic E-state index is 0.0298.